The highest BCUT2D eigenvalue weighted by molar-refractivity contribution is 7.96. The molecular formula is C14H27NS. The second kappa shape index (κ2) is 8.89. The monoisotopic (exact) mass is 241 g/mol. The SMILES string of the molecule is C=CC(CCCSN(C)CC(C)C)=C(C)C. The van der Waals surface area contributed by atoms with Gasteiger partial charge in [0.2, 0.25) is 0 Å². The Balaban J connectivity index is 3.68. The van der Waals surface area contributed by atoms with Gasteiger partial charge in [-0.05, 0) is 45.2 Å². The van der Waals surface area contributed by atoms with Gasteiger partial charge in [-0.25, -0.2) is 0 Å². The Morgan fingerprint density at radius 2 is 2.00 bits per heavy atom. The third-order valence-corrected chi connectivity index (χ3v) is 3.47. The summed E-state index contributed by atoms with van der Waals surface area (Å²) < 4.78 is 2.35. The van der Waals surface area contributed by atoms with Crippen LogP contribution in [0.2, 0.25) is 0 Å². The Morgan fingerprint density at radius 3 is 2.44 bits per heavy atom. The summed E-state index contributed by atoms with van der Waals surface area (Å²) in [6, 6.07) is 0. The first-order valence-corrected chi connectivity index (χ1v) is 7.04. The van der Waals surface area contributed by atoms with Crippen molar-refractivity contribution in [3.8, 4) is 0 Å². The molecule has 0 N–H and O–H groups in total. The van der Waals surface area contributed by atoms with Crippen molar-refractivity contribution in [2.45, 2.75) is 40.5 Å². The predicted molar refractivity (Wildman–Crippen MR) is 77.7 cm³/mol. The molecule has 16 heavy (non-hydrogen) atoms. The molecule has 0 unspecified atom stereocenters. The van der Waals surface area contributed by atoms with Crippen LogP contribution in [0.15, 0.2) is 23.8 Å². The Hall–Kier alpha value is -0.210. The van der Waals surface area contributed by atoms with E-state index in [9.17, 15) is 0 Å². The van der Waals surface area contributed by atoms with Gasteiger partial charge in [0.25, 0.3) is 0 Å². The zero-order valence-corrected chi connectivity index (χ0v) is 12.4. The molecule has 0 saturated carbocycles. The normalized spacial score (nSPS) is 10.9. The van der Waals surface area contributed by atoms with Crippen molar-refractivity contribution in [1.82, 2.24) is 4.31 Å². The molecule has 0 spiro atoms. The Labute approximate surface area is 106 Å². The molecule has 0 aliphatic heterocycles. The van der Waals surface area contributed by atoms with E-state index in [4.69, 9.17) is 0 Å². The molecule has 0 bridgehead atoms. The van der Waals surface area contributed by atoms with Crippen LogP contribution in [0.5, 0.6) is 0 Å². The minimum atomic E-state index is 0.749. The Bertz CT molecular complexity index is 227. The molecule has 0 rings (SSSR count). The van der Waals surface area contributed by atoms with Gasteiger partial charge in [0.1, 0.15) is 0 Å². The van der Waals surface area contributed by atoms with E-state index in [1.165, 1.54) is 29.9 Å². The maximum atomic E-state index is 3.86. The molecule has 1 nitrogen and oxygen atoms in total. The number of hydrogen-bond acceptors (Lipinski definition) is 2. The van der Waals surface area contributed by atoms with E-state index in [2.05, 4.69) is 45.6 Å². The molecule has 2 heteroatoms. The van der Waals surface area contributed by atoms with Crippen molar-refractivity contribution in [3.05, 3.63) is 23.8 Å². The van der Waals surface area contributed by atoms with Gasteiger partial charge in [0.05, 0.1) is 0 Å². The molecule has 94 valence electrons. The Morgan fingerprint density at radius 1 is 1.38 bits per heavy atom. The first-order chi connectivity index (χ1) is 7.47. The van der Waals surface area contributed by atoms with Crippen LogP contribution in [-0.4, -0.2) is 23.7 Å². The zero-order valence-electron chi connectivity index (χ0n) is 11.5. The summed E-state index contributed by atoms with van der Waals surface area (Å²) >= 11 is 1.95. The first kappa shape index (κ1) is 15.8. The number of rotatable bonds is 8. The fourth-order valence-electron chi connectivity index (χ4n) is 1.61. The van der Waals surface area contributed by atoms with Crippen LogP contribution in [0.4, 0.5) is 0 Å². The molecule has 0 aliphatic carbocycles. The average Bonchev–Trinajstić information content (AvgIpc) is 2.16. The average molecular weight is 241 g/mol. The molecule has 0 amide bonds. The molecule has 0 fully saturated rings. The lowest BCUT2D eigenvalue weighted by atomic mass is 10.1. The number of allylic oxidation sites excluding steroid dienone is 3. The molecular weight excluding hydrogens is 214 g/mol. The lowest BCUT2D eigenvalue weighted by Gasteiger charge is -2.17. The van der Waals surface area contributed by atoms with Crippen LogP contribution in [0.3, 0.4) is 0 Å². The van der Waals surface area contributed by atoms with Crippen molar-refractivity contribution in [2.24, 2.45) is 5.92 Å². The molecule has 0 aromatic rings. The van der Waals surface area contributed by atoms with Crippen LogP contribution in [0.1, 0.15) is 40.5 Å². The lowest BCUT2D eigenvalue weighted by Crippen LogP contribution is -2.16. The van der Waals surface area contributed by atoms with Crippen molar-refractivity contribution in [1.29, 1.82) is 0 Å². The summed E-state index contributed by atoms with van der Waals surface area (Å²) in [6.07, 6.45) is 4.39. The van der Waals surface area contributed by atoms with Crippen LogP contribution >= 0.6 is 11.9 Å². The predicted octanol–water partition coefficient (Wildman–Crippen LogP) is 4.53. The van der Waals surface area contributed by atoms with E-state index in [1.807, 2.05) is 18.0 Å². The minimum Gasteiger partial charge on any atom is -0.253 e. The maximum Gasteiger partial charge on any atom is 0.0109 e. The third kappa shape index (κ3) is 8.00. The Kier molecular flexibility index (Phi) is 8.77. The quantitative estimate of drug-likeness (QED) is 0.349. The number of nitrogens with zero attached hydrogens (tertiary/aromatic N) is 1. The van der Waals surface area contributed by atoms with Crippen molar-refractivity contribution >= 4 is 11.9 Å². The summed E-state index contributed by atoms with van der Waals surface area (Å²) in [4.78, 5) is 0. The summed E-state index contributed by atoms with van der Waals surface area (Å²) in [5, 5.41) is 0. The van der Waals surface area contributed by atoms with Gasteiger partial charge in [-0.2, -0.15) is 0 Å². The fraction of sp³-hybridized carbons (Fsp3) is 0.714. The van der Waals surface area contributed by atoms with Gasteiger partial charge in [-0.1, -0.05) is 44.0 Å². The second-order valence-electron chi connectivity index (χ2n) is 4.87. The smallest absolute Gasteiger partial charge is 0.0109 e. The summed E-state index contributed by atoms with van der Waals surface area (Å²) in [6.45, 7) is 13.9. The summed E-state index contributed by atoms with van der Waals surface area (Å²) in [5.41, 5.74) is 2.81. The van der Waals surface area contributed by atoms with Gasteiger partial charge in [-0.3, -0.25) is 4.31 Å². The van der Waals surface area contributed by atoms with Crippen LogP contribution in [0, 0.1) is 5.92 Å². The van der Waals surface area contributed by atoms with Gasteiger partial charge >= 0.3 is 0 Å². The van der Waals surface area contributed by atoms with Crippen molar-refractivity contribution in [2.75, 3.05) is 19.3 Å². The van der Waals surface area contributed by atoms with Crippen LogP contribution < -0.4 is 0 Å². The van der Waals surface area contributed by atoms with E-state index >= 15 is 0 Å². The lowest BCUT2D eigenvalue weighted by molar-refractivity contribution is 0.465. The van der Waals surface area contributed by atoms with E-state index in [0.717, 1.165) is 12.3 Å². The summed E-state index contributed by atoms with van der Waals surface area (Å²) in [5.74, 6) is 1.95. The summed E-state index contributed by atoms with van der Waals surface area (Å²) in [7, 11) is 2.18. The van der Waals surface area contributed by atoms with Gasteiger partial charge in [0.15, 0.2) is 0 Å². The van der Waals surface area contributed by atoms with E-state index in [-0.39, 0.29) is 0 Å². The van der Waals surface area contributed by atoms with E-state index in [0.29, 0.717) is 0 Å². The highest BCUT2D eigenvalue weighted by Crippen LogP contribution is 2.16. The fourth-order valence-corrected chi connectivity index (χ4v) is 2.59. The van der Waals surface area contributed by atoms with E-state index in [1.54, 1.807) is 0 Å². The standard InChI is InChI=1S/C14H27NS/c1-7-14(13(4)5)9-8-10-16-15(6)11-12(2)3/h7,12H,1,8-11H2,2-6H3. The number of hydrogen-bond donors (Lipinski definition) is 0. The third-order valence-electron chi connectivity index (χ3n) is 2.41. The minimum absolute atomic E-state index is 0.749. The van der Waals surface area contributed by atoms with Crippen molar-refractivity contribution in [3.63, 3.8) is 0 Å². The highest BCUT2D eigenvalue weighted by atomic mass is 32.2. The molecule has 0 aliphatic rings. The molecule has 0 radical (unpaired) electrons. The van der Waals surface area contributed by atoms with Gasteiger partial charge in [0, 0.05) is 12.3 Å². The van der Waals surface area contributed by atoms with Crippen LogP contribution in [-0.2, 0) is 0 Å². The topological polar surface area (TPSA) is 3.24 Å². The van der Waals surface area contributed by atoms with Crippen LogP contribution in [0.25, 0.3) is 0 Å². The van der Waals surface area contributed by atoms with Gasteiger partial charge in [-0.15, -0.1) is 0 Å². The second-order valence-corrected chi connectivity index (χ2v) is 6.16. The van der Waals surface area contributed by atoms with E-state index < -0.39 is 0 Å². The molecule has 0 heterocycles. The maximum absolute atomic E-state index is 3.86. The first-order valence-electron chi connectivity index (χ1n) is 6.10. The van der Waals surface area contributed by atoms with Gasteiger partial charge < -0.3 is 0 Å². The zero-order chi connectivity index (χ0) is 12.6. The molecule has 0 atom stereocenters. The largest absolute Gasteiger partial charge is 0.253 e. The highest BCUT2D eigenvalue weighted by Gasteiger charge is 2.02. The molecule has 0 aromatic carbocycles. The van der Waals surface area contributed by atoms with Crippen molar-refractivity contribution < 1.29 is 0 Å². The molecule has 0 saturated heterocycles. The molecule has 0 aromatic heterocycles.